The zero-order valence-electron chi connectivity index (χ0n) is 18.0. The highest BCUT2D eigenvalue weighted by molar-refractivity contribution is 5.80. The quantitative estimate of drug-likeness (QED) is 0.649. The lowest BCUT2D eigenvalue weighted by atomic mass is 9.94. The number of nitrogens with zero attached hydrogens (tertiary/aromatic N) is 4. The molecule has 0 radical (unpaired) electrons. The van der Waals surface area contributed by atoms with Gasteiger partial charge in [0.2, 0.25) is 5.89 Å². The van der Waals surface area contributed by atoms with Crippen molar-refractivity contribution in [1.82, 2.24) is 15.2 Å². The molecule has 2 aromatic rings. The van der Waals surface area contributed by atoms with Gasteiger partial charge in [0.15, 0.2) is 5.96 Å². The molecule has 0 atom stereocenters. The summed E-state index contributed by atoms with van der Waals surface area (Å²) in [4.78, 5) is 13.6. The van der Waals surface area contributed by atoms with E-state index in [0.29, 0.717) is 12.4 Å². The van der Waals surface area contributed by atoms with E-state index in [1.54, 1.807) is 0 Å². The molecule has 0 amide bonds. The van der Waals surface area contributed by atoms with Crippen LogP contribution in [0.1, 0.15) is 43.5 Å². The van der Waals surface area contributed by atoms with Gasteiger partial charge in [0.1, 0.15) is 5.76 Å². The van der Waals surface area contributed by atoms with E-state index >= 15 is 0 Å². The number of rotatable bonds is 3. The summed E-state index contributed by atoms with van der Waals surface area (Å²) in [5.41, 5.74) is 4.03. The molecule has 0 aliphatic carbocycles. The fourth-order valence-electron chi connectivity index (χ4n) is 3.46. The van der Waals surface area contributed by atoms with Crippen molar-refractivity contribution < 1.29 is 4.42 Å². The standard InChI is InChI=1S/C22H33N5O/c1-16-8-7-9-18(17(16)2)26-10-12-27(13-11-26)21(23-6)25-15-20-24-14-19(28-20)22(3,4)5/h7-9,14H,10-13,15H2,1-6H3,(H,23,25). The van der Waals surface area contributed by atoms with Gasteiger partial charge in [-0.1, -0.05) is 32.9 Å². The molecule has 2 heterocycles. The average Bonchev–Trinajstić information content (AvgIpc) is 3.15. The van der Waals surface area contributed by atoms with Crippen molar-refractivity contribution >= 4 is 11.6 Å². The van der Waals surface area contributed by atoms with E-state index in [1.807, 2.05) is 13.2 Å². The zero-order valence-corrected chi connectivity index (χ0v) is 18.0. The Labute approximate surface area is 168 Å². The predicted octanol–water partition coefficient (Wildman–Crippen LogP) is 3.49. The summed E-state index contributed by atoms with van der Waals surface area (Å²) in [7, 11) is 1.83. The molecule has 1 fully saturated rings. The van der Waals surface area contributed by atoms with Gasteiger partial charge in [0.25, 0.3) is 0 Å². The third-order valence-electron chi connectivity index (χ3n) is 5.40. The fourth-order valence-corrected chi connectivity index (χ4v) is 3.46. The number of aryl methyl sites for hydroxylation is 1. The van der Waals surface area contributed by atoms with E-state index in [9.17, 15) is 0 Å². The van der Waals surface area contributed by atoms with Crippen LogP contribution in [0.5, 0.6) is 0 Å². The molecule has 0 unspecified atom stereocenters. The summed E-state index contributed by atoms with van der Waals surface area (Å²) in [5, 5.41) is 3.40. The molecule has 1 saturated heterocycles. The Morgan fingerprint density at radius 1 is 1.18 bits per heavy atom. The van der Waals surface area contributed by atoms with Crippen LogP contribution in [-0.2, 0) is 12.0 Å². The van der Waals surface area contributed by atoms with Crippen LogP contribution in [0, 0.1) is 13.8 Å². The molecule has 1 aliphatic heterocycles. The lowest BCUT2D eigenvalue weighted by Gasteiger charge is -2.38. The van der Waals surface area contributed by atoms with E-state index in [2.05, 4.69) is 77.9 Å². The van der Waals surface area contributed by atoms with E-state index in [0.717, 1.165) is 37.9 Å². The summed E-state index contributed by atoms with van der Waals surface area (Å²) in [6.45, 7) is 15.1. The van der Waals surface area contributed by atoms with Crippen LogP contribution in [-0.4, -0.2) is 49.1 Å². The van der Waals surface area contributed by atoms with Crippen molar-refractivity contribution in [2.45, 2.75) is 46.6 Å². The first-order valence-electron chi connectivity index (χ1n) is 10.0. The van der Waals surface area contributed by atoms with Crippen molar-refractivity contribution in [1.29, 1.82) is 0 Å². The van der Waals surface area contributed by atoms with Gasteiger partial charge in [-0.05, 0) is 31.0 Å². The van der Waals surface area contributed by atoms with Crippen LogP contribution in [0.3, 0.4) is 0 Å². The first-order valence-corrected chi connectivity index (χ1v) is 10.0. The zero-order chi connectivity index (χ0) is 20.3. The molecule has 28 heavy (non-hydrogen) atoms. The Kier molecular flexibility index (Phi) is 5.96. The van der Waals surface area contributed by atoms with Crippen molar-refractivity contribution in [2.24, 2.45) is 4.99 Å². The molecule has 1 aromatic heterocycles. The Hall–Kier alpha value is -2.50. The number of aromatic nitrogens is 1. The van der Waals surface area contributed by atoms with Crippen molar-refractivity contribution in [3.05, 3.63) is 47.2 Å². The number of oxazole rings is 1. The molecule has 1 aromatic carbocycles. The summed E-state index contributed by atoms with van der Waals surface area (Å²) in [5.74, 6) is 2.50. The smallest absolute Gasteiger partial charge is 0.213 e. The number of piperazine rings is 1. The molecule has 6 nitrogen and oxygen atoms in total. The van der Waals surface area contributed by atoms with E-state index < -0.39 is 0 Å². The Bertz CT molecular complexity index is 826. The van der Waals surface area contributed by atoms with Crippen LogP contribution in [0.2, 0.25) is 0 Å². The second-order valence-electron chi connectivity index (χ2n) is 8.46. The Balaban J connectivity index is 1.57. The second kappa shape index (κ2) is 8.25. The molecule has 152 valence electrons. The summed E-state index contributed by atoms with van der Waals surface area (Å²) in [6.07, 6.45) is 1.82. The van der Waals surface area contributed by atoms with Gasteiger partial charge in [-0.2, -0.15) is 0 Å². The third kappa shape index (κ3) is 4.49. The Morgan fingerprint density at radius 3 is 2.50 bits per heavy atom. The average molecular weight is 384 g/mol. The number of hydrogen-bond donors (Lipinski definition) is 1. The van der Waals surface area contributed by atoms with Crippen molar-refractivity contribution in [3.8, 4) is 0 Å². The van der Waals surface area contributed by atoms with Crippen LogP contribution in [0.4, 0.5) is 5.69 Å². The SMILES string of the molecule is CN=C(NCc1ncc(C(C)(C)C)o1)N1CCN(c2cccc(C)c2C)CC1. The van der Waals surface area contributed by atoms with Crippen LogP contribution >= 0.6 is 0 Å². The van der Waals surface area contributed by atoms with Gasteiger partial charge in [0.05, 0.1) is 12.7 Å². The van der Waals surface area contributed by atoms with Crippen molar-refractivity contribution in [2.75, 3.05) is 38.1 Å². The highest BCUT2D eigenvalue weighted by Gasteiger charge is 2.22. The molecule has 1 aliphatic rings. The monoisotopic (exact) mass is 383 g/mol. The molecule has 0 spiro atoms. The minimum atomic E-state index is -0.0306. The third-order valence-corrected chi connectivity index (χ3v) is 5.40. The van der Waals surface area contributed by atoms with Crippen LogP contribution in [0.15, 0.2) is 33.8 Å². The number of hydrogen-bond acceptors (Lipinski definition) is 4. The lowest BCUT2D eigenvalue weighted by Crippen LogP contribution is -2.52. The van der Waals surface area contributed by atoms with Crippen LogP contribution in [0.25, 0.3) is 0 Å². The van der Waals surface area contributed by atoms with E-state index in [4.69, 9.17) is 4.42 Å². The van der Waals surface area contributed by atoms with Gasteiger partial charge in [-0.25, -0.2) is 4.98 Å². The van der Waals surface area contributed by atoms with E-state index in [-0.39, 0.29) is 5.41 Å². The molecule has 6 heteroatoms. The molecule has 0 saturated carbocycles. The van der Waals surface area contributed by atoms with Crippen molar-refractivity contribution in [3.63, 3.8) is 0 Å². The van der Waals surface area contributed by atoms with Gasteiger partial charge in [-0.3, -0.25) is 4.99 Å². The summed E-state index contributed by atoms with van der Waals surface area (Å²) in [6, 6.07) is 6.54. The lowest BCUT2D eigenvalue weighted by molar-refractivity contribution is 0.359. The largest absolute Gasteiger partial charge is 0.443 e. The van der Waals surface area contributed by atoms with Gasteiger partial charge < -0.3 is 19.5 Å². The number of benzene rings is 1. The number of aliphatic imine (C=N–C) groups is 1. The molecule has 0 bridgehead atoms. The number of guanidine groups is 1. The molecular formula is C22H33N5O. The highest BCUT2D eigenvalue weighted by Crippen LogP contribution is 2.24. The number of nitrogens with one attached hydrogen (secondary N) is 1. The molecule has 1 N–H and O–H groups in total. The predicted molar refractivity (Wildman–Crippen MR) is 115 cm³/mol. The Morgan fingerprint density at radius 2 is 1.89 bits per heavy atom. The van der Waals surface area contributed by atoms with E-state index in [1.165, 1.54) is 16.8 Å². The topological polar surface area (TPSA) is 56.9 Å². The molecule has 3 rings (SSSR count). The normalized spacial score (nSPS) is 15.9. The minimum Gasteiger partial charge on any atom is -0.443 e. The fraction of sp³-hybridized carbons (Fsp3) is 0.545. The van der Waals surface area contributed by atoms with Gasteiger partial charge in [0, 0.05) is 44.3 Å². The van der Waals surface area contributed by atoms with Crippen LogP contribution < -0.4 is 10.2 Å². The minimum absolute atomic E-state index is 0.0306. The van der Waals surface area contributed by atoms with Gasteiger partial charge in [-0.15, -0.1) is 0 Å². The summed E-state index contributed by atoms with van der Waals surface area (Å²) >= 11 is 0. The maximum atomic E-state index is 5.87. The second-order valence-corrected chi connectivity index (χ2v) is 8.46. The first kappa shape index (κ1) is 20.2. The number of anilines is 1. The maximum absolute atomic E-state index is 5.87. The molecular weight excluding hydrogens is 350 g/mol. The highest BCUT2D eigenvalue weighted by atomic mass is 16.4. The summed E-state index contributed by atoms with van der Waals surface area (Å²) < 4.78 is 5.87. The first-order chi connectivity index (χ1) is 13.3. The van der Waals surface area contributed by atoms with Gasteiger partial charge >= 0.3 is 0 Å². The maximum Gasteiger partial charge on any atom is 0.213 e.